The number of carbonyl (C=O) groups is 2. The lowest BCUT2D eigenvalue weighted by Gasteiger charge is -2.13. The summed E-state index contributed by atoms with van der Waals surface area (Å²) < 4.78 is 10.1. The van der Waals surface area contributed by atoms with Crippen LogP contribution in [-0.4, -0.2) is 31.3 Å². The van der Waals surface area contributed by atoms with Crippen molar-refractivity contribution in [3.8, 4) is 0 Å². The molecule has 0 rings (SSSR count). The molecular formula is C20H39NO4. The van der Waals surface area contributed by atoms with Crippen LogP contribution in [0.1, 0.15) is 97.8 Å². The summed E-state index contributed by atoms with van der Waals surface area (Å²) in [6, 6.07) is -0.669. The van der Waals surface area contributed by atoms with Crippen LogP contribution in [0.5, 0.6) is 0 Å². The van der Waals surface area contributed by atoms with Crippen LogP contribution in [0.4, 0.5) is 4.79 Å². The van der Waals surface area contributed by atoms with Crippen LogP contribution in [0.15, 0.2) is 0 Å². The molecule has 0 aliphatic carbocycles. The summed E-state index contributed by atoms with van der Waals surface area (Å²) in [6.07, 6.45) is 14.1. The number of carbonyl (C=O) groups excluding carboxylic acids is 2. The van der Waals surface area contributed by atoms with E-state index in [9.17, 15) is 9.59 Å². The van der Waals surface area contributed by atoms with Crippen LogP contribution in [0.3, 0.4) is 0 Å². The predicted molar refractivity (Wildman–Crippen MR) is 102 cm³/mol. The fourth-order valence-corrected chi connectivity index (χ4v) is 2.54. The third-order valence-corrected chi connectivity index (χ3v) is 4.12. The lowest BCUT2D eigenvalue weighted by Crippen LogP contribution is -2.40. The number of hydrogen-bond donors (Lipinski definition) is 1. The quantitative estimate of drug-likeness (QED) is 0.298. The number of nitrogens with one attached hydrogen (secondary N) is 1. The molecule has 0 fully saturated rings. The van der Waals surface area contributed by atoms with Crippen LogP contribution in [0, 0.1) is 0 Å². The first-order chi connectivity index (χ1) is 12.1. The number of ether oxygens (including phenoxy) is 2. The van der Waals surface area contributed by atoms with E-state index in [2.05, 4.69) is 12.2 Å². The van der Waals surface area contributed by atoms with Gasteiger partial charge in [-0.3, -0.25) is 0 Å². The van der Waals surface area contributed by atoms with Crippen molar-refractivity contribution in [2.45, 2.75) is 104 Å². The van der Waals surface area contributed by atoms with E-state index in [4.69, 9.17) is 9.47 Å². The number of amides is 1. The number of hydrogen-bond acceptors (Lipinski definition) is 4. The van der Waals surface area contributed by atoms with Gasteiger partial charge in [-0.15, -0.1) is 0 Å². The highest BCUT2D eigenvalue weighted by Crippen LogP contribution is 2.11. The summed E-state index contributed by atoms with van der Waals surface area (Å²) in [5, 5.41) is 2.47. The zero-order valence-corrected chi connectivity index (χ0v) is 16.6. The molecule has 0 aliphatic rings. The molecule has 0 saturated heterocycles. The number of esters is 1. The first-order valence-corrected chi connectivity index (χ1v) is 10.2. The molecule has 0 aliphatic heterocycles. The van der Waals surface area contributed by atoms with Gasteiger partial charge in [0.25, 0.3) is 0 Å². The van der Waals surface area contributed by atoms with Gasteiger partial charge in [0.05, 0.1) is 13.2 Å². The van der Waals surface area contributed by atoms with Gasteiger partial charge < -0.3 is 14.8 Å². The Morgan fingerprint density at radius 2 is 1.24 bits per heavy atom. The Morgan fingerprint density at radius 3 is 1.76 bits per heavy atom. The van der Waals surface area contributed by atoms with Gasteiger partial charge in [0.2, 0.25) is 0 Å². The molecule has 0 radical (unpaired) electrons. The van der Waals surface area contributed by atoms with Crippen molar-refractivity contribution in [3.05, 3.63) is 0 Å². The average Bonchev–Trinajstić information content (AvgIpc) is 2.60. The standard InChI is InChI=1S/C20H39NO4/c1-4-6-7-8-9-10-11-12-13-14-15-17-24-19(22)18(3)21-20(23)25-16-5-2/h18H,4-17H2,1-3H3,(H,21,23). The van der Waals surface area contributed by atoms with Crippen molar-refractivity contribution < 1.29 is 19.1 Å². The molecule has 148 valence electrons. The van der Waals surface area contributed by atoms with Crippen LogP contribution < -0.4 is 5.32 Å². The highest BCUT2D eigenvalue weighted by atomic mass is 16.6. The predicted octanol–water partition coefficient (Wildman–Crippen LogP) is 5.37. The Kier molecular flexibility index (Phi) is 16.7. The maximum absolute atomic E-state index is 11.7. The first-order valence-electron chi connectivity index (χ1n) is 10.2. The van der Waals surface area contributed by atoms with Gasteiger partial charge >= 0.3 is 12.1 Å². The second kappa shape index (κ2) is 17.6. The first kappa shape index (κ1) is 23.7. The van der Waals surface area contributed by atoms with Crippen LogP contribution in [-0.2, 0) is 14.3 Å². The molecule has 5 heteroatoms. The summed E-state index contributed by atoms with van der Waals surface area (Å²) in [7, 11) is 0. The second-order valence-corrected chi connectivity index (χ2v) is 6.70. The van der Waals surface area contributed by atoms with Gasteiger partial charge in [0.1, 0.15) is 6.04 Å². The minimum atomic E-state index is -0.669. The molecule has 0 aromatic heterocycles. The highest BCUT2D eigenvalue weighted by molar-refractivity contribution is 5.80. The summed E-state index contributed by atoms with van der Waals surface area (Å²) in [4.78, 5) is 23.1. The van der Waals surface area contributed by atoms with E-state index in [-0.39, 0.29) is 0 Å². The van der Waals surface area contributed by atoms with Gasteiger partial charge in [-0.1, -0.05) is 78.1 Å². The SMILES string of the molecule is CCCCCCCCCCCCCOC(=O)C(C)NC(=O)OCCC. The van der Waals surface area contributed by atoms with E-state index in [0.717, 1.165) is 19.3 Å². The smallest absolute Gasteiger partial charge is 0.407 e. The number of rotatable bonds is 16. The Balaban J connectivity index is 3.40. The summed E-state index contributed by atoms with van der Waals surface area (Å²) in [5.74, 6) is -0.402. The minimum absolute atomic E-state index is 0.354. The normalized spacial score (nSPS) is 11.8. The van der Waals surface area contributed by atoms with Crippen LogP contribution in [0.2, 0.25) is 0 Å². The monoisotopic (exact) mass is 357 g/mol. The molecule has 1 unspecified atom stereocenters. The maximum Gasteiger partial charge on any atom is 0.407 e. The fourth-order valence-electron chi connectivity index (χ4n) is 2.54. The van der Waals surface area contributed by atoms with Crippen molar-refractivity contribution in [3.63, 3.8) is 0 Å². The molecule has 0 bridgehead atoms. The van der Waals surface area contributed by atoms with Gasteiger partial charge in [0.15, 0.2) is 0 Å². The fraction of sp³-hybridized carbons (Fsp3) is 0.900. The van der Waals surface area contributed by atoms with Gasteiger partial charge in [-0.05, 0) is 19.8 Å². The zero-order valence-electron chi connectivity index (χ0n) is 16.6. The Bertz CT molecular complexity index is 334. The Morgan fingerprint density at radius 1 is 0.720 bits per heavy atom. The Labute approximate surface area is 154 Å². The van der Waals surface area contributed by atoms with E-state index in [1.54, 1.807) is 6.92 Å². The maximum atomic E-state index is 11.7. The van der Waals surface area contributed by atoms with E-state index < -0.39 is 18.1 Å². The molecule has 0 aromatic rings. The van der Waals surface area contributed by atoms with Gasteiger partial charge in [-0.25, -0.2) is 9.59 Å². The van der Waals surface area contributed by atoms with Crippen molar-refractivity contribution in [2.75, 3.05) is 13.2 Å². The molecule has 0 aromatic carbocycles. The lowest BCUT2D eigenvalue weighted by molar-refractivity contribution is -0.145. The summed E-state index contributed by atoms with van der Waals surface area (Å²) >= 11 is 0. The summed E-state index contributed by atoms with van der Waals surface area (Å²) in [6.45, 7) is 6.54. The summed E-state index contributed by atoms with van der Waals surface area (Å²) in [5.41, 5.74) is 0. The van der Waals surface area contributed by atoms with E-state index in [1.165, 1.54) is 57.8 Å². The molecular weight excluding hydrogens is 318 g/mol. The number of unbranched alkanes of at least 4 members (excludes halogenated alkanes) is 10. The second-order valence-electron chi connectivity index (χ2n) is 6.70. The van der Waals surface area contributed by atoms with E-state index in [1.807, 2.05) is 6.92 Å². The van der Waals surface area contributed by atoms with Gasteiger partial charge in [-0.2, -0.15) is 0 Å². The average molecular weight is 358 g/mol. The topological polar surface area (TPSA) is 64.6 Å². The number of alkyl carbamates (subject to hydrolysis) is 1. The van der Waals surface area contributed by atoms with Crippen molar-refractivity contribution in [1.29, 1.82) is 0 Å². The zero-order chi connectivity index (χ0) is 18.8. The molecule has 1 amide bonds. The minimum Gasteiger partial charge on any atom is -0.464 e. The molecule has 1 atom stereocenters. The van der Waals surface area contributed by atoms with Gasteiger partial charge in [0, 0.05) is 0 Å². The van der Waals surface area contributed by atoms with Crippen LogP contribution >= 0.6 is 0 Å². The molecule has 5 nitrogen and oxygen atoms in total. The van der Waals surface area contributed by atoms with Crippen molar-refractivity contribution >= 4 is 12.1 Å². The Hall–Kier alpha value is -1.26. The van der Waals surface area contributed by atoms with E-state index in [0.29, 0.717) is 13.2 Å². The van der Waals surface area contributed by atoms with Crippen molar-refractivity contribution in [2.24, 2.45) is 0 Å². The highest BCUT2D eigenvalue weighted by Gasteiger charge is 2.17. The largest absolute Gasteiger partial charge is 0.464 e. The van der Waals surface area contributed by atoms with Crippen LogP contribution in [0.25, 0.3) is 0 Å². The van der Waals surface area contributed by atoms with E-state index >= 15 is 0 Å². The van der Waals surface area contributed by atoms with Crippen molar-refractivity contribution in [1.82, 2.24) is 5.32 Å². The third kappa shape index (κ3) is 16.0. The molecule has 0 heterocycles. The molecule has 0 spiro atoms. The molecule has 1 N–H and O–H groups in total. The molecule has 0 saturated carbocycles. The lowest BCUT2D eigenvalue weighted by atomic mass is 10.1. The third-order valence-electron chi connectivity index (χ3n) is 4.12. The molecule has 25 heavy (non-hydrogen) atoms.